The molecule has 0 bridgehead atoms. The second-order valence-corrected chi connectivity index (χ2v) is 6.80. The number of ether oxygens (including phenoxy) is 2. The molecule has 2 rings (SSSR count). The molecule has 120 valence electrons. The van der Waals surface area contributed by atoms with Crippen LogP contribution in [0.2, 0.25) is 0 Å². The molecule has 6 nitrogen and oxygen atoms in total. The maximum atomic E-state index is 12.4. The van der Waals surface area contributed by atoms with Gasteiger partial charge < -0.3 is 19.7 Å². The smallest absolute Gasteiger partial charge is 0.407 e. The monoisotopic (exact) mass is 298 g/mol. The molecule has 0 saturated carbocycles. The fourth-order valence-corrected chi connectivity index (χ4v) is 2.76. The van der Waals surface area contributed by atoms with Crippen molar-refractivity contribution in [2.75, 3.05) is 26.3 Å². The van der Waals surface area contributed by atoms with E-state index < -0.39 is 11.7 Å². The Morgan fingerprint density at radius 1 is 1.19 bits per heavy atom. The number of amides is 2. The molecule has 6 heteroatoms. The van der Waals surface area contributed by atoms with Gasteiger partial charge in [-0.1, -0.05) is 0 Å². The van der Waals surface area contributed by atoms with Gasteiger partial charge in [-0.3, -0.25) is 4.79 Å². The van der Waals surface area contributed by atoms with Crippen molar-refractivity contribution in [3.05, 3.63) is 0 Å². The van der Waals surface area contributed by atoms with E-state index in [1.165, 1.54) is 0 Å². The number of carbonyl (C=O) groups is 2. The van der Waals surface area contributed by atoms with Crippen LogP contribution in [0.4, 0.5) is 4.79 Å². The van der Waals surface area contributed by atoms with Crippen LogP contribution in [0, 0.1) is 5.92 Å². The van der Waals surface area contributed by atoms with E-state index in [0.29, 0.717) is 26.3 Å². The highest BCUT2D eigenvalue weighted by atomic mass is 16.6. The van der Waals surface area contributed by atoms with Crippen LogP contribution in [0.3, 0.4) is 0 Å². The molecule has 2 amide bonds. The van der Waals surface area contributed by atoms with Gasteiger partial charge in [0.25, 0.3) is 0 Å². The van der Waals surface area contributed by atoms with Crippen LogP contribution in [-0.4, -0.2) is 54.8 Å². The number of carbonyl (C=O) groups excluding carboxylic acids is 2. The Labute approximate surface area is 126 Å². The summed E-state index contributed by atoms with van der Waals surface area (Å²) in [5.74, 6) is 0.283. The molecule has 0 radical (unpaired) electrons. The van der Waals surface area contributed by atoms with Crippen molar-refractivity contribution in [2.24, 2.45) is 5.92 Å². The Balaban J connectivity index is 1.77. The molecule has 2 aliphatic rings. The molecule has 0 aromatic rings. The normalized spacial score (nSPS) is 24.0. The van der Waals surface area contributed by atoms with Crippen molar-refractivity contribution < 1.29 is 19.1 Å². The van der Waals surface area contributed by atoms with Crippen molar-refractivity contribution in [1.29, 1.82) is 0 Å². The SMILES string of the molecule is CC(C)(C)OC(=O)N[C@H]1CCN(C(=O)C2CCOCC2)C1. The van der Waals surface area contributed by atoms with Crippen LogP contribution in [-0.2, 0) is 14.3 Å². The molecule has 0 aromatic carbocycles. The number of rotatable bonds is 2. The summed E-state index contributed by atoms with van der Waals surface area (Å²) < 4.78 is 10.5. The lowest BCUT2D eigenvalue weighted by molar-refractivity contribution is -0.137. The van der Waals surface area contributed by atoms with Crippen molar-refractivity contribution in [1.82, 2.24) is 10.2 Å². The second kappa shape index (κ2) is 6.64. The summed E-state index contributed by atoms with van der Waals surface area (Å²) in [6, 6.07) is -0.0105. The number of hydrogen-bond acceptors (Lipinski definition) is 4. The third-order valence-corrected chi connectivity index (χ3v) is 3.79. The van der Waals surface area contributed by atoms with E-state index in [0.717, 1.165) is 19.3 Å². The molecule has 2 heterocycles. The highest BCUT2D eigenvalue weighted by Gasteiger charge is 2.32. The van der Waals surface area contributed by atoms with Gasteiger partial charge in [-0.15, -0.1) is 0 Å². The van der Waals surface area contributed by atoms with Crippen LogP contribution in [0.15, 0.2) is 0 Å². The zero-order valence-electron chi connectivity index (χ0n) is 13.2. The predicted molar refractivity (Wildman–Crippen MR) is 77.9 cm³/mol. The van der Waals surface area contributed by atoms with Gasteiger partial charge in [-0.05, 0) is 40.0 Å². The first kappa shape index (κ1) is 16.1. The molecular weight excluding hydrogens is 272 g/mol. The van der Waals surface area contributed by atoms with Crippen molar-refractivity contribution in [3.8, 4) is 0 Å². The molecule has 1 N–H and O–H groups in total. The van der Waals surface area contributed by atoms with Gasteiger partial charge in [0.2, 0.25) is 5.91 Å². The highest BCUT2D eigenvalue weighted by Crippen LogP contribution is 2.21. The summed E-state index contributed by atoms with van der Waals surface area (Å²) >= 11 is 0. The van der Waals surface area contributed by atoms with Crippen LogP contribution in [0.1, 0.15) is 40.0 Å². The van der Waals surface area contributed by atoms with Crippen LogP contribution in [0.5, 0.6) is 0 Å². The van der Waals surface area contributed by atoms with Gasteiger partial charge in [0.05, 0.1) is 6.04 Å². The van der Waals surface area contributed by atoms with E-state index in [-0.39, 0.29) is 17.9 Å². The molecule has 0 aliphatic carbocycles. The van der Waals surface area contributed by atoms with E-state index in [1.54, 1.807) is 0 Å². The largest absolute Gasteiger partial charge is 0.444 e. The number of nitrogens with one attached hydrogen (secondary N) is 1. The fourth-order valence-electron chi connectivity index (χ4n) is 2.76. The lowest BCUT2D eigenvalue weighted by atomic mass is 9.99. The van der Waals surface area contributed by atoms with E-state index in [2.05, 4.69) is 5.32 Å². The average molecular weight is 298 g/mol. The summed E-state index contributed by atoms with van der Waals surface area (Å²) in [6.07, 6.45) is 1.99. The summed E-state index contributed by atoms with van der Waals surface area (Å²) in [7, 11) is 0. The van der Waals surface area contributed by atoms with Gasteiger partial charge in [0, 0.05) is 32.2 Å². The molecular formula is C15H26N2O4. The summed E-state index contributed by atoms with van der Waals surface area (Å²) in [6.45, 7) is 8.13. The minimum atomic E-state index is -0.500. The van der Waals surface area contributed by atoms with Gasteiger partial charge in [0.1, 0.15) is 5.60 Å². The van der Waals surface area contributed by atoms with E-state index in [4.69, 9.17) is 9.47 Å². The number of nitrogens with zero attached hydrogens (tertiary/aromatic N) is 1. The number of alkyl carbamates (subject to hydrolysis) is 1. The molecule has 1 atom stereocenters. The van der Waals surface area contributed by atoms with Crippen molar-refractivity contribution in [2.45, 2.75) is 51.7 Å². The summed E-state index contributed by atoms with van der Waals surface area (Å²) in [5.41, 5.74) is -0.500. The first-order valence-corrected chi connectivity index (χ1v) is 7.71. The summed E-state index contributed by atoms with van der Waals surface area (Å²) in [4.78, 5) is 26.0. The topological polar surface area (TPSA) is 67.9 Å². The van der Waals surface area contributed by atoms with E-state index in [1.807, 2.05) is 25.7 Å². The standard InChI is InChI=1S/C15H26N2O4/c1-15(2,3)21-14(19)16-12-4-7-17(10-12)13(18)11-5-8-20-9-6-11/h11-12H,4-10H2,1-3H3,(H,16,19)/t12-/m0/s1. The van der Waals surface area contributed by atoms with Crippen molar-refractivity contribution >= 4 is 12.0 Å². The molecule has 2 saturated heterocycles. The average Bonchev–Trinajstić information content (AvgIpc) is 2.85. The Bertz CT molecular complexity index is 386. The lowest BCUT2D eigenvalue weighted by Gasteiger charge is -2.26. The van der Waals surface area contributed by atoms with Gasteiger partial charge in [0.15, 0.2) is 0 Å². The van der Waals surface area contributed by atoms with E-state index >= 15 is 0 Å². The molecule has 0 aromatic heterocycles. The quantitative estimate of drug-likeness (QED) is 0.839. The minimum absolute atomic E-state index is 0.0105. The van der Waals surface area contributed by atoms with Gasteiger partial charge in [-0.25, -0.2) is 4.79 Å². The Kier molecular flexibility index (Phi) is 5.08. The zero-order valence-corrected chi connectivity index (χ0v) is 13.2. The fraction of sp³-hybridized carbons (Fsp3) is 0.867. The summed E-state index contributed by atoms with van der Waals surface area (Å²) in [5, 5.41) is 2.84. The third-order valence-electron chi connectivity index (χ3n) is 3.79. The van der Waals surface area contributed by atoms with Gasteiger partial charge in [-0.2, -0.15) is 0 Å². The first-order valence-electron chi connectivity index (χ1n) is 7.71. The predicted octanol–water partition coefficient (Wildman–Crippen LogP) is 1.54. The number of hydrogen-bond donors (Lipinski definition) is 1. The molecule has 2 aliphatic heterocycles. The molecule has 2 fully saturated rings. The van der Waals surface area contributed by atoms with Gasteiger partial charge >= 0.3 is 6.09 Å². The third kappa shape index (κ3) is 4.88. The first-order chi connectivity index (χ1) is 9.85. The Morgan fingerprint density at radius 2 is 1.86 bits per heavy atom. The minimum Gasteiger partial charge on any atom is -0.444 e. The Hall–Kier alpha value is -1.30. The van der Waals surface area contributed by atoms with Crippen LogP contribution < -0.4 is 5.32 Å². The highest BCUT2D eigenvalue weighted by molar-refractivity contribution is 5.79. The maximum absolute atomic E-state index is 12.4. The van der Waals surface area contributed by atoms with Crippen LogP contribution in [0.25, 0.3) is 0 Å². The van der Waals surface area contributed by atoms with Crippen molar-refractivity contribution in [3.63, 3.8) is 0 Å². The van der Waals surface area contributed by atoms with E-state index in [9.17, 15) is 9.59 Å². The Morgan fingerprint density at radius 3 is 2.48 bits per heavy atom. The second-order valence-electron chi connectivity index (χ2n) is 6.80. The lowest BCUT2D eigenvalue weighted by Crippen LogP contribution is -2.42. The maximum Gasteiger partial charge on any atom is 0.407 e. The number of likely N-dealkylation sites (tertiary alicyclic amines) is 1. The zero-order chi connectivity index (χ0) is 15.5. The molecule has 21 heavy (non-hydrogen) atoms. The molecule has 0 spiro atoms. The van der Waals surface area contributed by atoms with Crippen LogP contribution >= 0.6 is 0 Å². The molecule has 0 unspecified atom stereocenters.